The number of hydrogen-bond donors (Lipinski definition) is 0. The van der Waals surface area contributed by atoms with Crippen molar-refractivity contribution in [1.29, 1.82) is 0 Å². The zero-order valence-corrected chi connectivity index (χ0v) is 11.8. The van der Waals surface area contributed by atoms with E-state index in [1.54, 1.807) is 7.11 Å². The van der Waals surface area contributed by atoms with Crippen LogP contribution in [0.5, 0.6) is 5.75 Å². The molecular weight excluding hydrogens is 248 g/mol. The monoisotopic (exact) mass is 266 g/mol. The second-order valence-corrected chi connectivity index (χ2v) is 4.48. The molecule has 0 aliphatic carbocycles. The number of methoxy groups -OCH3 is 1. The summed E-state index contributed by atoms with van der Waals surface area (Å²) < 4.78 is 10.4. The maximum absolute atomic E-state index is 5.50. The minimum atomic E-state index is 0.560. The molecule has 102 valence electrons. The number of hydrogen-bond acceptors (Lipinski definition) is 2. The summed E-state index contributed by atoms with van der Waals surface area (Å²) in [5, 5.41) is 0. The molecule has 2 heteroatoms. The van der Waals surface area contributed by atoms with Crippen LogP contribution in [0.15, 0.2) is 48.5 Å². The third-order valence-electron chi connectivity index (χ3n) is 2.81. The summed E-state index contributed by atoms with van der Waals surface area (Å²) in [5.74, 6) is 7.13. The molecule has 2 nitrogen and oxygen atoms in total. The second kappa shape index (κ2) is 7.37. The van der Waals surface area contributed by atoms with Crippen molar-refractivity contribution in [3.8, 4) is 17.6 Å². The molecule has 0 atom stereocenters. The molecule has 0 amide bonds. The molecule has 0 spiro atoms. The minimum absolute atomic E-state index is 0.560. The smallest absolute Gasteiger partial charge is 0.119 e. The molecule has 0 aromatic heterocycles. The van der Waals surface area contributed by atoms with E-state index in [0.29, 0.717) is 13.2 Å². The van der Waals surface area contributed by atoms with Gasteiger partial charge in [-0.15, -0.1) is 0 Å². The van der Waals surface area contributed by atoms with Gasteiger partial charge in [0.2, 0.25) is 0 Å². The van der Waals surface area contributed by atoms with E-state index >= 15 is 0 Å². The maximum Gasteiger partial charge on any atom is 0.119 e. The van der Waals surface area contributed by atoms with E-state index in [1.165, 1.54) is 5.56 Å². The van der Waals surface area contributed by atoms with Crippen molar-refractivity contribution in [2.24, 2.45) is 0 Å². The zero-order chi connectivity index (χ0) is 14.2. The van der Waals surface area contributed by atoms with Crippen molar-refractivity contribution in [3.05, 3.63) is 65.2 Å². The van der Waals surface area contributed by atoms with Gasteiger partial charge in [0.1, 0.15) is 12.4 Å². The highest BCUT2D eigenvalue weighted by Gasteiger charge is 1.93. The van der Waals surface area contributed by atoms with Crippen molar-refractivity contribution in [3.63, 3.8) is 0 Å². The van der Waals surface area contributed by atoms with Gasteiger partial charge in [-0.05, 0) is 43.3 Å². The normalized spacial score (nSPS) is 9.70. The molecule has 0 radical (unpaired) electrons. The summed E-state index contributed by atoms with van der Waals surface area (Å²) in [4.78, 5) is 0. The molecule has 0 N–H and O–H groups in total. The lowest BCUT2D eigenvalue weighted by Crippen LogP contribution is -2.03. The molecule has 0 saturated carbocycles. The van der Waals surface area contributed by atoms with E-state index in [9.17, 15) is 0 Å². The molecular formula is C18H18O2. The lowest BCUT2D eigenvalue weighted by molar-refractivity contribution is 0.146. The molecule has 0 fully saturated rings. The average Bonchev–Trinajstić information content (AvgIpc) is 2.48. The molecule has 0 unspecified atom stereocenters. The third kappa shape index (κ3) is 4.46. The van der Waals surface area contributed by atoms with Gasteiger partial charge in [-0.3, -0.25) is 0 Å². The van der Waals surface area contributed by atoms with Crippen LogP contribution in [0, 0.1) is 18.8 Å². The number of ether oxygens (including phenoxy) is 2. The Morgan fingerprint density at radius 1 is 0.800 bits per heavy atom. The summed E-state index contributed by atoms with van der Waals surface area (Å²) in [6.45, 7) is 3.22. The molecule has 0 saturated heterocycles. The first-order valence-corrected chi connectivity index (χ1v) is 6.58. The van der Waals surface area contributed by atoms with Gasteiger partial charge < -0.3 is 9.47 Å². The lowest BCUT2D eigenvalue weighted by atomic mass is 10.1. The number of aryl methyl sites for hydroxylation is 1. The predicted octanol–water partition coefficient (Wildman–Crippen LogP) is 3.42. The van der Waals surface area contributed by atoms with Crippen LogP contribution in [0.25, 0.3) is 0 Å². The van der Waals surface area contributed by atoms with Gasteiger partial charge in [0.15, 0.2) is 0 Å². The minimum Gasteiger partial charge on any atom is -0.491 e. The quantitative estimate of drug-likeness (QED) is 0.623. The molecule has 2 aromatic rings. The molecule has 0 aliphatic rings. The van der Waals surface area contributed by atoms with Crippen LogP contribution in [0.2, 0.25) is 0 Å². The Morgan fingerprint density at radius 3 is 1.90 bits per heavy atom. The standard InChI is InChI=1S/C18H18O2/c1-15-3-5-16(6-4-15)7-8-17-9-11-18(12-10-17)20-14-13-19-2/h3-6,9-12H,13-14H2,1-2H3. The van der Waals surface area contributed by atoms with E-state index in [-0.39, 0.29) is 0 Å². The van der Waals surface area contributed by atoms with Crippen molar-refractivity contribution < 1.29 is 9.47 Å². The van der Waals surface area contributed by atoms with Crippen molar-refractivity contribution in [2.75, 3.05) is 20.3 Å². The van der Waals surface area contributed by atoms with Gasteiger partial charge in [0.05, 0.1) is 6.61 Å². The highest BCUT2D eigenvalue weighted by Crippen LogP contribution is 2.11. The zero-order valence-electron chi connectivity index (χ0n) is 11.8. The van der Waals surface area contributed by atoms with E-state index in [2.05, 4.69) is 30.9 Å². The Labute approximate surface area is 120 Å². The number of benzene rings is 2. The summed E-state index contributed by atoms with van der Waals surface area (Å²) in [6.07, 6.45) is 0. The summed E-state index contributed by atoms with van der Waals surface area (Å²) in [6, 6.07) is 16.0. The van der Waals surface area contributed by atoms with Gasteiger partial charge >= 0.3 is 0 Å². The van der Waals surface area contributed by atoms with Gasteiger partial charge in [-0.25, -0.2) is 0 Å². The fourth-order valence-corrected chi connectivity index (χ4v) is 1.66. The van der Waals surface area contributed by atoms with E-state index < -0.39 is 0 Å². The number of rotatable bonds is 4. The van der Waals surface area contributed by atoms with Crippen LogP contribution in [0.4, 0.5) is 0 Å². The topological polar surface area (TPSA) is 18.5 Å². The van der Waals surface area contributed by atoms with Crippen molar-refractivity contribution >= 4 is 0 Å². The first-order chi connectivity index (χ1) is 9.78. The average molecular weight is 266 g/mol. The summed E-state index contributed by atoms with van der Waals surface area (Å²) in [7, 11) is 1.66. The highest BCUT2D eigenvalue weighted by molar-refractivity contribution is 5.44. The molecule has 2 aromatic carbocycles. The molecule has 0 aliphatic heterocycles. The largest absolute Gasteiger partial charge is 0.491 e. The van der Waals surface area contributed by atoms with Crippen molar-refractivity contribution in [1.82, 2.24) is 0 Å². The lowest BCUT2D eigenvalue weighted by Gasteiger charge is -2.04. The SMILES string of the molecule is COCCOc1ccc(C#Cc2ccc(C)cc2)cc1. The van der Waals surface area contributed by atoms with Crippen LogP contribution < -0.4 is 4.74 Å². The van der Waals surface area contributed by atoms with Gasteiger partial charge in [-0.1, -0.05) is 29.5 Å². The van der Waals surface area contributed by atoms with E-state index in [0.717, 1.165) is 16.9 Å². The van der Waals surface area contributed by atoms with E-state index in [1.807, 2.05) is 36.4 Å². The van der Waals surface area contributed by atoms with Gasteiger partial charge in [0, 0.05) is 18.2 Å². The Bertz CT molecular complexity index is 586. The Hall–Kier alpha value is -2.24. The van der Waals surface area contributed by atoms with Gasteiger partial charge in [0.25, 0.3) is 0 Å². The van der Waals surface area contributed by atoms with Crippen LogP contribution >= 0.6 is 0 Å². The highest BCUT2D eigenvalue weighted by atomic mass is 16.5. The Kier molecular flexibility index (Phi) is 5.23. The van der Waals surface area contributed by atoms with Crippen LogP contribution in [0.3, 0.4) is 0 Å². The fraction of sp³-hybridized carbons (Fsp3) is 0.222. The Balaban J connectivity index is 1.98. The molecule has 0 heterocycles. The first-order valence-electron chi connectivity index (χ1n) is 6.58. The van der Waals surface area contributed by atoms with Crippen molar-refractivity contribution in [2.45, 2.75) is 6.92 Å². The first kappa shape index (κ1) is 14.2. The molecule has 20 heavy (non-hydrogen) atoms. The maximum atomic E-state index is 5.50. The van der Waals surface area contributed by atoms with Crippen LogP contribution in [0.1, 0.15) is 16.7 Å². The predicted molar refractivity (Wildman–Crippen MR) is 81.0 cm³/mol. The summed E-state index contributed by atoms with van der Waals surface area (Å²) in [5.41, 5.74) is 3.24. The second-order valence-electron chi connectivity index (χ2n) is 4.48. The third-order valence-corrected chi connectivity index (χ3v) is 2.81. The Morgan fingerprint density at radius 2 is 1.35 bits per heavy atom. The van der Waals surface area contributed by atoms with Crippen LogP contribution in [-0.4, -0.2) is 20.3 Å². The van der Waals surface area contributed by atoms with E-state index in [4.69, 9.17) is 9.47 Å². The molecule has 2 rings (SSSR count). The summed E-state index contributed by atoms with van der Waals surface area (Å²) >= 11 is 0. The van der Waals surface area contributed by atoms with Gasteiger partial charge in [-0.2, -0.15) is 0 Å². The fourth-order valence-electron chi connectivity index (χ4n) is 1.66. The molecule has 0 bridgehead atoms. The van der Waals surface area contributed by atoms with Crippen LogP contribution in [-0.2, 0) is 4.74 Å².